The molecule has 0 aromatic carbocycles. The number of alkyl halides is 3. The van der Waals surface area contributed by atoms with E-state index in [0.29, 0.717) is 6.29 Å². The average Bonchev–Trinajstić information content (AvgIpc) is 2.03. The third kappa shape index (κ3) is 2.07. The Kier molecular flexibility index (Phi) is 2.52. The predicted molar refractivity (Wildman–Crippen MR) is 42.4 cm³/mol. The first-order valence-corrected chi connectivity index (χ1v) is 3.82. The van der Waals surface area contributed by atoms with E-state index in [9.17, 15) is 13.6 Å². The monoisotopic (exact) mass is 235 g/mol. The van der Waals surface area contributed by atoms with Crippen molar-refractivity contribution in [1.29, 1.82) is 0 Å². The van der Waals surface area contributed by atoms with Crippen LogP contribution in [-0.4, -0.2) is 11.3 Å². The first-order chi connectivity index (χ1) is 5.54. The highest BCUT2D eigenvalue weighted by Crippen LogP contribution is 2.32. The second-order valence-electron chi connectivity index (χ2n) is 2.09. The zero-order valence-corrected chi connectivity index (χ0v) is 7.38. The molecule has 2 nitrogen and oxygen atoms in total. The third-order valence-electron chi connectivity index (χ3n) is 1.21. The molecule has 0 saturated heterocycles. The standard InChI is InChI=1S/C7H4BrF2NO/c8-7(9,10)6-2-1-5(4-12)3-11-6/h1-4H. The SMILES string of the molecule is O=Cc1ccc(C(F)(F)Br)nc1. The molecule has 0 spiro atoms. The van der Waals surface area contributed by atoms with Crippen LogP contribution in [0.15, 0.2) is 18.3 Å². The molecule has 12 heavy (non-hydrogen) atoms. The molecule has 1 aromatic heterocycles. The number of pyridine rings is 1. The molecule has 0 unspecified atom stereocenters. The number of aromatic nitrogens is 1. The van der Waals surface area contributed by atoms with Gasteiger partial charge in [0.15, 0.2) is 6.29 Å². The molecule has 0 N–H and O–H groups in total. The molecular formula is C7H4BrF2NO. The lowest BCUT2D eigenvalue weighted by Gasteiger charge is -2.05. The molecule has 1 heterocycles. The van der Waals surface area contributed by atoms with Crippen LogP contribution in [0.1, 0.15) is 16.1 Å². The van der Waals surface area contributed by atoms with Gasteiger partial charge in [-0.1, -0.05) is 0 Å². The van der Waals surface area contributed by atoms with Crippen molar-refractivity contribution in [2.24, 2.45) is 0 Å². The number of hydrogen-bond donors (Lipinski definition) is 0. The Bertz CT molecular complexity index is 280. The summed E-state index contributed by atoms with van der Waals surface area (Å²) in [5.41, 5.74) is -0.136. The van der Waals surface area contributed by atoms with E-state index < -0.39 is 10.5 Å². The van der Waals surface area contributed by atoms with E-state index >= 15 is 0 Å². The first-order valence-electron chi connectivity index (χ1n) is 3.02. The van der Waals surface area contributed by atoms with E-state index in [4.69, 9.17) is 0 Å². The molecule has 0 atom stereocenters. The maximum absolute atomic E-state index is 12.5. The summed E-state index contributed by atoms with van der Waals surface area (Å²) in [6.07, 6.45) is 1.64. The number of nitrogens with zero attached hydrogens (tertiary/aromatic N) is 1. The molecule has 0 aliphatic heterocycles. The summed E-state index contributed by atoms with van der Waals surface area (Å²) in [7, 11) is 0. The fourth-order valence-electron chi connectivity index (χ4n) is 0.643. The number of halogens is 3. The van der Waals surface area contributed by atoms with E-state index in [1.165, 1.54) is 6.07 Å². The summed E-state index contributed by atoms with van der Waals surface area (Å²) < 4.78 is 24.9. The van der Waals surface area contributed by atoms with Crippen LogP contribution in [-0.2, 0) is 4.83 Å². The second-order valence-corrected chi connectivity index (χ2v) is 3.09. The van der Waals surface area contributed by atoms with Crippen LogP contribution in [0.5, 0.6) is 0 Å². The van der Waals surface area contributed by atoms with Gasteiger partial charge >= 0.3 is 4.83 Å². The number of carbonyl (C=O) groups is 1. The molecule has 0 aliphatic carbocycles. The van der Waals surface area contributed by atoms with Gasteiger partial charge in [-0.05, 0) is 28.1 Å². The van der Waals surface area contributed by atoms with Crippen molar-refractivity contribution in [3.63, 3.8) is 0 Å². The number of rotatable bonds is 2. The van der Waals surface area contributed by atoms with E-state index in [2.05, 4.69) is 20.9 Å². The summed E-state index contributed by atoms with van der Waals surface area (Å²) in [4.78, 5) is 10.4. The van der Waals surface area contributed by atoms with Crippen LogP contribution in [0, 0.1) is 0 Å². The quantitative estimate of drug-likeness (QED) is 0.582. The van der Waals surface area contributed by atoms with Gasteiger partial charge in [0.05, 0.1) is 0 Å². The molecule has 1 rings (SSSR count). The molecule has 5 heteroatoms. The van der Waals surface area contributed by atoms with Crippen LogP contribution < -0.4 is 0 Å². The fraction of sp³-hybridized carbons (Fsp3) is 0.143. The Morgan fingerprint density at radius 3 is 2.50 bits per heavy atom. The summed E-state index contributed by atoms with van der Waals surface area (Å²) in [5, 5.41) is 0. The average molecular weight is 236 g/mol. The topological polar surface area (TPSA) is 30.0 Å². The molecular weight excluding hydrogens is 232 g/mol. The largest absolute Gasteiger partial charge is 0.343 e. The number of carbonyl (C=O) groups excluding carboxylic acids is 1. The molecule has 64 valence electrons. The van der Waals surface area contributed by atoms with Crippen molar-refractivity contribution in [1.82, 2.24) is 4.98 Å². The minimum atomic E-state index is -3.13. The van der Waals surface area contributed by atoms with Gasteiger partial charge in [0.2, 0.25) is 0 Å². The fourth-order valence-corrected chi connectivity index (χ4v) is 0.877. The normalized spacial score (nSPS) is 11.2. The Hall–Kier alpha value is -0.840. The minimum Gasteiger partial charge on any atom is -0.298 e. The smallest absolute Gasteiger partial charge is 0.298 e. The van der Waals surface area contributed by atoms with Gasteiger partial charge in [-0.2, -0.15) is 8.78 Å². The van der Waals surface area contributed by atoms with Gasteiger partial charge in [-0.3, -0.25) is 9.78 Å². The van der Waals surface area contributed by atoms with Crippen molar-refractivity contribution < 1.29 is 13.6 Å². The van der Waals surface area contributed by atoms with Gasteiger partial charge in [-0.25, -0.2) is 0 Å². The third-order valence-corrected chi connectivity index (χ3v) is 1.62. The van der Waals surface area contributed by atoms with E-state index in [0.717, 1.165) is 12.3 Å². The zero-order valence-electron chi connectivity index (χ0n) is 5.80. The van der Waals surface area contributed by atoms with Crippen LogP contribution in [0.3, 0.4) is 0 Å². The van der Waals surface area contributed by atoms with Gasteiger partial charge < -0.3 is 0 Å². The molecule has 0 saturated carbocycles. The Labute approximate surface area is 75.7 Å². The van der Waals surface area contributed by atoms with Crippen molar-refractivity contribution >= 4 is 22.2 Å². The molecule has 0 radical (unpaired) electrons. The molecule has 0 bridgehead atoms. The highest BCUT2D eigenvalue weighted by molar-refractivity contribution is 9.09. The molecule has 0 aliphatic rings. The molecule has 0 fully saturated rings. The van der Waals surface area contributed by atoms with E-state index in [1.807, 2.05) is 0 Å². The molecule has 0 amide bonds. The Balaban J connectivity index is 3.00. The predicted octanol–water partition coefficient (Wildman–Crippen LogP) is 2.34. The summed E-state index contributed by atoms with van der Waals surface area (Å²) in [6.45, 7) is 0. The summed E-state index contributed by atoms with van der Waals surface area (Å²) in [5.74, 6) is 0. The lowest BCUT2D eigenvalue weighted by molar-refractivity contribution is 0.108. The zero-order chi connectivity index (χ0) is 9.19. The van der Waals surface area contributed by atoms with E-state index in [-0.39, 0.29) is 5.56 Å². The molecule has 1 aromatic rings. The van der Waals surface area contributed by atoms with Crippen LogP contribution in [0.25, 0.3) is 0 Å². The maximum atomic E-state index is 12.5. The second kappa shape index (κ2) is 3.26. The highest BCUT2D eigenvalue weighted by Gasteiger charge is 2.28. The number of hydrogen-bond acceptors (Lipinski definition) is 2. The lowest BCUT2D eigenvalue weighted by atomic mass is 10.3. The lowest BCUT2D eigenvalue weighted by Crippen LogP contribution is -2.05. The summed E-state index contributed by atoms with van der Waals surface area (Å²) in [6, 6.07) is 2.38. The first kappa shape index (κ1) is 9.25. The van der Waals surface area contributed by atoms with Crippen LogP contribution in [0.4, 0.5) is 8.78 Å². The van der Waals surface area contributed by atoms with Gasteiger partial charge in [0.25, 0.3) is 0 Å². The number of aldehydes is 1. The Morgan fingerprint density at radius 1 is 1.50 bits per heavy atom. The van der Waals surface area contributed by atoms with Crippen molar-refractivity contribution in [3.05, 3.63) is 29.6 Å². The van der Waals surface area contributed by atoms with Gasteiger partial charge in [0, 0.05) is 11.8 Å². The van der Waals surface area contributed by atoms with Crippen LogP contribution >= 0.6 is 15.9 Å². The maximum Gasteiger partial charge on any atom is 0.343 e. The van der Waals surface area contributed by atoms with Crippen molar-refractivity contribution in [2.45, 2.75) is 4.83 Å². The van der Waals surface area contributed by atoms with E-state index in [1.54, 1.807) is 0 Å². The van der Waals surface area contributed by atoms with Crippen LogP contribution in [0.2, 0.25) is 0 Å². The summed E-state index contributed by atoms with van der Waals surface area (Å²) >= 11 is 2.15. The van der Waals surface area contributed by atoms with Crippen molar-refractivity contribution in [3.8, 4) is 0 Å². The Morgan fingerprint density at radius 2 is 2.17 bits per heavy atom. The van der Waals surface area contributed by atoms with Gasteiger partial charge in [-0.15, -0.1) is 0 Å². The van der Waals surface area contributed by atoms with Crippen molar-refractivity contribution in [2.75, 3.05) is 0 Å². The highest BCUT2D eigenvalue weighted by atomic mass is 79.9. The minimum absolute atomic E-state index is 0.274. The van der Waals surface area contributed by atoms with Gasteiger partial charge in [0.1, 0.15) is 5.69 Å².